The van der Waals surface area contributed by atoms with E-state index in [1.165, 1.54) is 6.33 Å². The van der Waals surface area contributed by atoms with Crippen molar-refractivity contribution in [3.63, 3.8) is 0 Å². The summed E-state index contributed by atoms with van der Waals surface area (Å²) >= 11 is 11.9. The smallest absolute Gasteiger partial charge is 0.262 e. The van der Waals surface area contributed by atoms with E-state index in [9.17, 15) is 9.59 Å². The average molecular weight is 476 g/mol. The number of halogens is 2. The minimum absolute atomic E-state index is 0.146. The molecule has 0 saturated carbocycles. The first-order chi connectivity index (χ1) is 15.4. The van der Waals surface area contributed by atoms with Crippen LogP contribution in [0.2, 0.25) is 10.0 Å². The highest BCUT2D eigenvalue weighted by Gasteiger charge is 2.28. The monoisotopic (exact) mass is 475 g/mol. The molecule has 3 aromatic rings. The molecular formula is C21H19Cl2N5O4. The number of carbonyl (C=O) groups is 2. The summed E-state index contributed by atoms with van der Waals surface area (Å²) in [6, 6.07) is 9.77. The Bertz CT molecular complexity index is 1170. The summed E-state index contributed by atoms with van der Waals surface area (Å²) in [4.78, 5) is 28.4. The molecule has 0 fully saturated rings. The number of ether oxygens (including phenoxy) is 2. The van der Waals surface area contributed by atoms with Gasteiger partial charge in [0.2, 0.25) is 11.9 Å². The Morgan fingerprint density at radius 1 is 1.19 bits per heavy atom. The van der Waals surface area contributed by atoms with Crippen molar-refractivity contribution in [1.82, 2.24) is 14.8 Å². The van der Waals surface area contributed by atoms with Gasteiger partial charge in [-0.25, -0.2) is 4.68 Å². The van der Waals surface area contributed by atoms with Crippen molar-refractivity contribution in [1.29, 1.82) is 0 Å². The van der Waals surface area contributed by atoms with Crippen LogP contribution in [0, 0.1) is 0 Å². The molecule has 4 rings (SSSR count). The van der Waals surface area contributed by atoms with E-state index in [1.807, 2.05) is 13.0 Å². The predicted molar refractivity (Wildman–Crippen MR) is 120 cm³/mol. The van der Waals surface area contributed by atoms with Crippen LogP contribution in [0.4, 0.5) is 11.6 Å². The minimum Gasteiger partial charge on any atom is -0.490 e. The largest absolute Gasteiger partial charge is 0.490 e. The van der Waals surface area contributed by atoms with Gasteiger partial charge in [-0.3, -0.25) is 14.9 Å². The minimum atomic E-state index is -0.369. The lowest BCUT2D eigenvalue weighted by Crippen LogP contribution is -2.29. The van der Waals surface area contributed by atoms with E-state index in [4.69, 9.17) is 32.7 Å². The van der Waals surface area contributed by atoms with Gasteiger partial charge in [-0.05, 0) is 42.8 Å². The Labute approximate surface area is 193 Å². The molecular weight excluding hydrogens is 457 g/mol. The highest BCUT2D eigenvalue weighted by atomic mass is 35.5. The molecule has 2 aromatic carbocycles. The van der Waals surface area contributed by atoms with Crippen molar-refractivity contribution in [2.75, 3.05) is 23.8 Å². The molecule has 1 atom stereocenters. The van der Waals surface area contributed by atoms with Crippen molar-refractivity contribution >= 4 is 46.7 Å². The number of carbonyl (C=O) groups excluding carboxylic acids is 2. The quantitative estimate of drug-likeness (QED) is 0.535. The van der Waals surface area contributed by atoms with E-state index in [1.54, 1.807) is 35.0 Å². The van der Waals surface area contributed by atoms with E-state index in [0.29, 0.717) is 39.8 Å². The Balaban J connectivity index is 1.48. The number of rotatable bonds is 7. The molecule has 0 aliphatic carbocycles. The molecule has 166 valence electrons. The maximum atomic E-state index is 12.3. The van der Waals surface area contributed by atoms with Gasteiger partial charge in [0.15, 0.2) is 18.1 Å². The maximum absolute atomic E-state index is 12.3. The summed E-state index contributed by atoms with van der Waals surface area (Å²) in [6.45, 7) is 2.00. The summed E-state index contributed by atoms with van der Waals surface area (Å²) in [7, 11) is 0. The Morgan fingerprint density at radius 2 is 2.03 bits per heavy atom. The third-order valence-electron chi connectivity index (χ3n) is 4.71. The second-order valence-electron chi connectivity index (χ2n) is 6.90. The summed E-state index contributed by atoms with van der Waals surface area (Å²) in [6.07, 6.45) is 1.61. The first-order valence-electron chi connectivity index (χ1n) is 9.78. The summed E-state index contributed by atoms with van der Waals surface area (Å²) in [5.41, 5.74) is 1.32. The van der Waals surface area contributed by atoms with Crippen molar-refractivity contribution in [2.24, 2.45) is 0 Å². The third-order valence-corrected chi connectivity index (χ3v) is 5.45. The van der Waals surface area contributed by atoms with Crippen LogP contribution in [-0.4, -0.2) is 39.8 Å². The number of hydrogen-bond acceptors (Lipinski definition) is 6. The van der Waals surface area contributed by atoms with Crippen molar-refractivity contribution in [3.05, 3.63) is 58.3 Å². The van der Waals surface area contributed by atoms with Crippen molar-refractivity contribution < 1.29 is 19.1 Å². The van der Waals surface area contributed by atoms with E-state index < -0.39 is 0 Å². The average Bonchev–Trinajstić information content (AvgIpc) is 3.23. The molecule has 0 radical (unpaired) electrons. The number of amides is 2. The van der Waals surface area contributed by atoms with Gasteiger partial charge in [0.25, 0.3) is 5.91 Å². The lowest BCUT2D eigenvalue weighted by Gasteiger charge is -2.24. The topological polar surface area (TPSA) is 107 Å². The molecule has 0 saturated heterocycles. The zero-order valence-electron chi connectivity index (χ0n) is 17.0. The molecule has 2 N–H and O–H groups in total. The van der Waals surface area contributed by atoms with E-state index in [-0.39, 0.29) is 30.9 Å². The summed E-state index contributed by atoms with van der Waals surface area (Å²) in [5.74, 6) is 0.737. The van der Waals surface area contributed by atoms with Crippen LogP contribution in [0.15, 0.2) is 42.7 Å². The van der Waals surface area contributed by atoms with Gasteiger partial charge in [0.05, 0.1) is 29.1 Å². The number of benzene rings is 2. The van der Waals surface area contributed by atoms with Gasteiger partial charge >= 0.3 is 0 Å². The van der Waals surface area contributed by atoms with Gasteiger partial charge in [-0.1, -0.05) is 29.3 Å². The summed E-state index contributed by atoms with van der Waals surface area (Å²) < 4.78 is 13.0. The molecule has 32 heavy (non-hydrogen) atoms. The molecule has 0 unspecified atom stereocenters. The Kier molecular flexibility index (Phi) is 6.48. The van der Waals surface area contributed by atoms with Gasteiger partial charge in [-0.15, -0.1) is 0 Å². The zero-order valence-corrected chi connectivity index (χ0v) is 18.5. The standard InChI is InChI=1S/C21H19Cl2N5O4/c1-2-31-18-7-12(16-9-19(29)27-21-24-11-25-28(16)21)3-6-17(18)32-10-20(30)26-13-4-5-14(22)15(23)8-13/h3-8,11,16H,2,9-10H2,1H3,(H,26,30)(H,24,25,27,29)/t16-/m1/s1. The lowest BCUT2D eigenvalue weighted by molar-refractivity contribution is -0.118. The van der Waals surface area contributed by atoms with E-state index in [0.717, 1.165) is 5.56 Å². The maximum Gasteiger partial charge on any atom is 0.262 e. The van der Waals surface area contributed by atoms with Crippen LogP contribution in [0.25, 0.3) is 0 Å². The summed E-state index contributed by atoms with van der Waals surface area (Å²) in [5, 5.41) is 10.3. The van der Waals surface area contributed by atoms with Crippen LogP contribution in [0.5, 0.6) is 11.5 Å². The molecule has 2 amide bonds. The van der Waals surface area contributed by atoms with Crippen LogP contribution < -0.4 is 20.1 Å². The van der Waals surface area contributed by atoms with Crippen molar-refractivity contribution in [3.8, 4) is 11.5 Å². The Morgan fingerprint density at radius 3 is 2.81 bits per heavy atom. The van der Waals surface area contributed by atoms with Gasteiger partial charge < -0.3 is 14.8 Å². The van der Waals surface area contributed by atoms with Gasteiger partial charge in [0.1, 0.15) is 6.33 Å². The van der Waals surface area contributed by atoms with Crippen LogP contribution in [0.1, 0.15) is 24.9 Å². The van der Waals surface area contributed by atoms with Gasteiger partial charge in [-0.2, -0.15) is 10.1 Å². The molecule has 0 bridgehead atoms. The van der Waals surface area contributed by atoms with E-state index >= 15 is 0 Å². The fraction of sp³-hybridized carbons (Fsp3) is 0.238. The number of nitrogens with one attached hydrogen (secondary N) is 2. The van der Waals surface area contributed by atoms with Gasteiger partial charge in [0, 0.05) is 5.69 Å². The fourth-order valence-electron chi connectivity index (χ4n) is 3.30. The molecule has 2 heterocycles. The highest BCUT2D eigenvalue weighted by molar-refractivity contribution is 6.42. The second kappa shape index (κ2) is 9.46. The Hall–Kier alpha value is -3.30. The molecule has 1 aromatic heterocycles. The first kappa shape index (κ1) is 21.9. The SMILES string of the molecule is CCOc1cc([C@H]2CC(=O)Nc3ncnn32)ccc1OCC(=O)Nc1ccc(Cl)c(Cl)c1. The molecule has 11 heteroatoms. The number of aromatic nitrogens is 3. The van der Waals surface area contributed by atoms with Crippen LogP contribution in [0.3, 0.4) is 0 Å². The molecule has 1 aliphatic heterocycles. The number of fused-ring (bicyclic) bond motifs is 1. The van der Waals surface area contributed by atoms with E-state index in [2.05, 4.69) is 20.7 Å². The predicted octanol–water partition coefficient (Wildman–Crippen LogP) is 3.93. The fourth-order valence-corrected chi connectivity index (χ4v) is 3.60. The molecule has 9 nitrogen and oxygen atoms in total. The lowest BCUT2D eigenvalue weighted by atomic mass is 10.0. The van der Waals surface area contributed by atoms with Crippen molar-refractivity contribution in [2.45, 2.75) is 19.4 Å². The third kappa shape index (κ3) is 4.79. The highest BCUT2D eigenvalue weighted by Crippen LogP contribution is 2.35. The first-order valence-corrected chi connectivity index (χ1v) is 10.5. The van der Waals surface area contributed by atoms with Crippen LogP contribution in [-0.2, 0) is 9.59 Å². The molecule has 1 aliphatic rings. The van der Waals surface area contributed by atoms with Crippen LogP contribution >= 0.6 is 23.2 Å². The number of nitrogens with zero attached hydrogens (tertiary/aromatic N) is 3. The number of hydrogen-bond donors (Lipinski definition) is 2. The normalized spacial score (nSPS) is 15.0. The zero-order chi connectivity index (χ0) is 22.7. The number of anilines is 2. The second-order valence-corrected chi connectivity index (χ2v) is 7.72. The molecule has 0 spiro atoms.